The summed E-state index contributed by atoms with van der Waals surface area (Å²) in [4.78, 5) is 13.5. The van der Waals surface area contributed by atoms with Crippen molar-refractivity contribution in [2.24, 2.45) is 0 Å². The molecule has 5 heteroatoms. The van der Waals surface area contributed by atoms with E-state index in [9.17, 15) is 13.6 Å². The summed E-state index contributed by atoms with van der Waals surface area (Å²) in [5.41, 5.74) is -0.217. The maximum absolute atomic E-state index is 13.3. The van der Waals surface area contributed by atoms with Gasteiger partial charge in [-0.3, -0.25) is 9.69 Å². The van der Waals surface area contributed by atoms with Crippen LogP contribution in [0.4, 0.5) is 8.78 Å². The Morgan fingerprint density at radius 3 is 2.42 bits per heavy atom. The van der Waals surface area contributed by atoms with Gasteiger partial charge < -0.3 is 4.74 Å². The number of hydrogen-bond acceptors (Lipinski definition) is 3. The first kappa shape index (κ1) is 15.6. The summed E-state index contributed by atoms with van der Waals surface area (Å²) in [5, 5.41) is 0. The number of carbonyl (C=O) groups excluding carboxylic acids is 1. The van der Waals surface area contributed by atoms with E-state index in [2.05, 4.69) is 0 Å². The van der Waals surface area contributed by atoms with Crippen molar-refractivity contribution in [2.45, 2.75) is 25.8 Å². The minimum atomic E-state index is -0.922. The average Bonchev–Trinajstić information content (AvgIpc) is 2.32. The fourth-order valence-electron chi connectivity index (χ4n) is 1.84. The topological polar surface area (TPSA) is 29.5 Å². The smallest absolute Gasteiger partial charge is 0.307 e. The van der Waals surface area contributed by atoms with Gasteiger partial charge in [0.05, 0.1) is 18.6 Å². The average molecular weight is 271 g/mol. The molecule has 0 saturated heterocycles. The van der Waals surface area contributed by atoms with Crippen LogP contribution in [0.25, 0.3) is 0 Å². The van der Waals surface area contributed by atoms with Crippen molar-refractivity contribution < 1.29 is 18.3 Å². The predicted octanol–water partition coefficient (Wildman–Crippen LogP) is 2.69. The minimum Gasteiger partial charge on any atom is -0.466 e. The highest BCUT2D eigenvalue weighted by Gasteiger charge is 2.33. The van der Waals surface area contributed by atoms with Gasteiger partial charge in [0.25, 0.3) is 0 Å². The summed E-state index contributed by atoms with van der Waals surface area (Å²) in [5.74, 6) is -2.20. The molecule has 0 bridgehead atoms. The molecule has 0 radical (unpaired) electrons. The van der Waals surface area contributed by atoms with E-state index in [-0.39, 0.29) is 12.4 Å². The molecule has 3 nitrogen and oxygen atoms in total. The molecule has 0 aliphatic heterocycles. The van der Waals surface area contributed by atoms with E-state index in [4.69, 9.17) is 4.74 Å². The Kier molecular flexibility index (Phi) is 5.00. The van der Waals surface area contributed by atoms with E-state index in [1.54, 1.807) is 32.8 Å². The number of ether oxygens (including phenoxy) is 1. The van der Waals surface area contributed by atoms with Crippen LogP contribution < -0.4 is 0 Å². The summed E-state index contributed by atoms with van der Waals surface area (Å²) in [6.07, 6.45) is 0.0684. The van der Waals surface area contributed by atoms with Gasteiger partial charge in [-0.25, -0.2) is 8.78 Å². The van der Waals surface area contributed by atoms with Crippen LogP contribution in [0.1, 0.15) is 25.8 Å². The van der Waals surface area contributed by atoms with Crippen molar-refractivity contribution in [3.8, 4) is 0 Å². The fourth-order valence-corrected chi connectivity index (χ4v) is 1.84. The van der Waals surface area contributed by atoms with Crippen molar-refractivity contribution in [2.75, 3.05) is 20.7 Å². The molecule has 0 N–H and O–H groups in total. The molecule has 0 heterocycles. The molecule has 1 aromatic carbocycles. The van der Waals surface area contributed by atoms with Crippen LogP contribution in [0.3, 0.4) is 0 Å². The van der Waals surface area contributed by atoms with E-state index in [0.717, 1.165) is 12.1 Å². The lowest BCUT2D eigenvalue weighted by molar-refractivity contribution is -0.146. The zero-order valence-electron chi connectivity index (χ0n) is 11.7. The van der Waals surface area contributed by atoms with Crippen molar-refractivity contribution in [3.63, 3.8) is 0 Å². The zero-order valence-corrected chi connectivity index (χ0v) is 11.7. The molecule has 0 aliphatic rings. The monoisotopic (exact) mass is 271 g/mol. The van der Waals surface area contributed by atoms with Gasteiger partial charge >= 0.3 is 5.97 Å². The van der Waals surface area contributed by atoms with E-state index < -0.39 is 17.2 Å². The molecule has 0 spiro atoms. The predicted molar refractivity (Wildman–Crippen MR) is 68.6 cm³/mol. The van der Waals surface area contributed by atoms with Gasteiger partial charge in [-0.05, 0) is 45.6 Å². The Balaban J connectivity index is 3.10. The van der Waals surface area contributed by atoms with E-state index >= 15 is 0 Å². The van der Waals surface area contributed by atoms with Crippen molar-refractivity contribution in [1.82, 2.24) is 4.90 Å². The van der Waals surface area contributed by atoms with E-state index in [0.29, 0.717) is 12.2 Å². The van der Waals surface area contributed by atoms with Crippen LogP contribution in [-0.2, 0) is 15.1 Å². The second-order valence-corrected chi connectivity index (χ2v) is 4.78. The highest BCUT2D eigenvalue weighted by molar-refractivity contribution is 5.71. The molecule has 0 aliphatic carbocycles. The maximum atomic E-state index is 13.3. The highest BCUT2D eigenvalue weighted by atomic mass is 19.2. The first-order valence-electron chi connectivity index (χ1n) is 6.10. The SMILES string of the molecule is CCOC(=O)CC(C)(c1ccc(F)c(F)c1)N(C)C. The second-order valence-electron chi connectivity index (χ2n) is 4.78. The second kappa shape index (κ2) is 6.10. The third-order valence-corrected chi connectivity index (χ3v) is 3.32. The molecule has 0 fully saturated rings. The standard InChI is InChI=1S/C14H19F2NO2/c1-5-19-13(18)9-14(2,17(3)4)10-6-7-11(15)12(16)8-10/h6-8H,5,9H2,1-4H3. The number of benzene rings is 1. The van der Waals surface area contributed by atoms with E-state index in [1.165, 1.54) is 6.07 Å². The van der Waals surface area contributed by atoms with Crippen LogP contribution in [0, 0.1) is 11.6 Å². The molecule has 1 atom stereocenters. The fraction of sp³-hybridized carbons (Fsp3) is 0.500. The minimum absolute atomic E-state index is 0.0684. The molecule has 1 unspecified atom stereocenters. The Bertz CT molecular complexity index is 463. The number of carbonyl (C=O) groups is 1. The third-order valence-electron chi connectivity index (χ3n) is 3.32. The van der Waals surface area contributed by atoms with Gasteiger partial charge in [-0.2, -0.15) is 0 Å². The summed E-state index contributed by atoms with van der Waals surface area (Å²) < 4.78 is 31.3. The molecule has 1 rings (SSSR count). The molecule has 0 saturated carbocycles. The first-order valence-corrected chi connectivity index (χ1v) is 6.10. The third kappa shape index (κ3) is 3.50. The largest absolute Gasteiger partial charge is 0.466 e. The van der Waals surface area contributed by atoms with Gasteiger partial charge in [-0.1, -0.05) is 6.07 Å². The van der Waals surface area contributed by atoms with Crippen molar-refractivity contribution in [1.29, 1.82) is 0 Å². The molecule has 0 amide bonds. The van der Waals surface area contributed by atoms with Crippen LogP contribution in [0.15, 0.2) is 18.2 Å². The van der Waals surface area contributed by atoms with E-state index in [1.807, 2.05) is 0 Å². The Morgan fingerprint density at radius 1 is 1.32 bits per heavy atom. The lowest BCUT2D eigenvalue weighted by Crippen LogP contribution is -2.41. The van der Waals surface area contributed by atoms with Crippen molar-refractivity contribution in [3.05, 3.63) is 35.4 Å². The zero-order chi connectivity index (χ0) is 14.6. The molecule has 106 valence electrons. The summed E-state index contributed by atoms with van der Waals surface area (Å²) >= 11 is 0. The maximum Gasteiger partial charge on any atom is 0.307 e. The lowest BCUT2D eigenvalue weighted by atomic mass is 9.87. The van der Waals surface area contributed by atoms with Gasteiger partial charge in [-0.15, -0.1) is 0 Å². The number of esters is 1. The van der Waals surface area contributed by atoms with Gasteiger partial charge in [0.1, 0.15) is 0 Å². The van der Waals surface area contributed by atoms with Crippen LogP contribution in [0.5, 0.6) is 0 Å². The summed E-state index contributed by atoms with van der Waals surface area (Å²) in [6, 6.07) is 3.67. The van der Waals surface area contributed by atoms with Crippen LogP contribution in [-0.4, -0.2) is 31.6 Å². The first-order chi connectivity index (χ1) is 8.81. The molecule has 19 heavy (non-hydrogen) atoms. The summed E-state index contributed by atoms with van der Waals surface area (Å²) in [6.45, 7) is 3.80. The normalized spacial score (nSPS) is 14.3. The highest BCUT2D eigenvalue weighted by Crippen LogP contribution is 2.31. The van der Waals surface area contributed by atoms with Gasteiger partial charge in [0.2, 0.25) is 0 Å². The van der Waals surface area contributed by atoms with Crippen LogP contribution in [0.2, 0.25) is 0 Å². The lowest BCUT2D eigenvalue weighted by Gasteiger charge is -2.36. The molecular weight excluding hydrogens is 252 g/mol. The van der Waals surface area contributed by atoms with Gasteiger partial charge in [0, 0.05) is 0 Å². The van der Waals surface area contributed by atoms with Crippen molar-refractivity contribution >= 4 is 5.97 Å². The summed E-state index contributed by atoms with van der Waals surface area (Å²) in [7, 11) is 3.56. The van der Waals surface area contributed by atoms with Crippen LogP contribution >= 0.6 is 0 Å². The Hall–Kier alpha value is -1.49. The number of hydrogen-bond donors (Lipinski definition) is 0. The van der Waals surface area contributed by atoms with Gasteiger partial charge in [0.15, 0.2) is 11.6 Å². The Labute approximate surface area is 112 Å². The molecule has 0 aromatic heterocycles. The quantitative estimate of drug-likeness (QED) is 0.771. The molecular formula is C14H19F2NO2. The number of nitrogens with zero attached hydrogens (tertiary/aromatic N) is 1. The number of halogens is 2. The molecule has 1 aromatic rings. The Morgan fingerprint density at radius 2 is 1.95 bits per heavy atom. The number of rotatable bonds is 5.